The van der Waals surface area contributed by atoms with Crippen molar-refractivity contribution in [3.63, 3.8) is 0 Å². The predicted octanol–water partition coefficient (Wildman–Crippen LogP) is 5.38. The van der Waals surface area contributed by atoms with E-state index in [1.165, 1.54) is 84.5 Å². The van der Waals surface area contributed by atoms with E-state index >= 15 is 0 Å². The second-order valence-corrected chi connectivity index (χ2v) is 12.2. The fourth-order valence-corrected chi connectivity index (χ4v) is 5.12. The van der Waals surface area contributed by atoms with Crippen LogP contribution >= 0.6 is 0 Å². The smallest absolute Gasteiger partial charge is 0.0594 e. The minimum absolute atomic E-state index is 0. The van der Waals surface area contributed by atoms with Gasteiger partial charge in [0, 0.05) is 63.4 Å². The monoisotopic (exact) mass is 528 g/mol. The molecule has 37 heavy (non-hydrogen) atoms. The molecule has 4 rings (SSSR count). The van der Waals surface area contributed by atoms with Crippen molar-refractivity contribution in [2.45, 2.75) is 119 Å². The van der Waals surface area contributed by atoms with Crippen molar-refractivity contribution < 1.29 is 4.74 Å². The van der Waals surface area contributed by atoms with Gasteiger partial charge in [0.15, 0.2) is 0 Å². The first-order valence-electron chi connectivity index (χ1n) is 15.3. The average Bonchev–Trinajstić information content (AvgIpc) is 3.42. The van der Waals surface area contributed by atoms with Gasteiger partial charge in [-0.05, 0) is 114 Å². The van der Waals surface area contributed by atoms with Crippen LogP contribution in [0.5, 0.6) is 0 Å². The van der Waals surface area contributed by atoms with Crippen LogP contribution in [0.4, 0.5) is 0 Å². The zero-order chi connectivity index (χ0) is 26.9. The maximum absolute atomic E-state index is 5.21. The Hall–Kier alpha value is -0.240. The van der Waals surface area contributed by atoms with Gasteiger partial charge in [-0.25, -0.2) is 0 Å². The van der Waals surface area contributed by atoms with Crippen molar-refractivity contribution in [3.8, 4) is 0 Å². The van der Waals surface area contributed by atoms with Gasteiger partial charge >= 0.3 is 0 Å². The Morgan fingerprint density at radius 3 is 1.00 bits per heavy atom. The summed E-state index contributed by atoms with van der Waals surface area (Å²) in [7, 11) is 2.19. The summed E-state index contributed by atoms with van der Waals surface area (Å²) in [4.78, 5) is 12.4. The van der Waals surface area contributed by atoms with Gasteiger partial charge in [0.25, 0.3) is 0 Å². The quantitative estimate of drug-likeness (QED) is 0.487. The normalized spacial score (nSPS) is 22.6. The molecular weight excluding hydrogens is 458 g/mol. The van der Waals surface area contributed by atoms with Gasteiger partial charge in [-0.2, -0.15) is 0 Å². The van der Waals surface area contributed by atoms with Crippen LogP contribution in [-0.2, 0) is 4.74 Å². The molecule has 4 aliphatic heterocycles. The first-order valence-corrected chi connectivity index (χ1v) is 15.3. The summed E-state index contributed by atoms with van der Waals surface area (Å²) >= 11 is 0. The fourth-order valence-electron chi connectivity index (χ4n) is 5.12. The van der Waals surface area contributed by atoms with E-state index in [0.29, 0.717) is 6.04 Å². The van der Waals surface area contributed by atoms with Crippen molar-refractivity contribution in [1.29, 1.82) is 0 Å². The standard InChI is InChI=1S/C8H18N2.C8H17N.C7H15NO.C7H15N.CH4/c1-8(2)10-6-4-9(3)5-7-10;1-8(2)9-6-4-3-5-7-9;1-7(2)8-3-5-9-6-4-8;1-7(2)8-5-3-4-6-8;/h8H,4-7H2,1-3H3;8H,3-7H2,1-2H3;7H,3-6H2,1-2H3;7H,3-6H2,1-2H3;1H4. The minimum Gasteiger partial charge on any atom is -0.379 e. The highest BCUT2D eigenvalue weighted by Gasteiger charge is 2.16. The minimum atomic E-state index is 0. The van der Waals surface area contributed by atoms with Crippen LogP contribution < -0.4 is 0 Å². The first-order chi connectivity index (χ1) is 17.1. The molecule has 0 atom stereocenters. The first kappa shape index (κ1) is 36.8. The lowest BCUT2D eigenvalue weighted by Gasteiger charge is -2.34. The Morgan fingerprint density at radius 1 is 0.405 bits per heavy atom. The highest BCUT2D eigenvalue weighted by Crippen LogP contribution is 2.11. The lowest BCUT2D eigenvalue weighted by atomic mass is 10.1. The van der Waals surface area contributed by atoms with Crippen molar-refractivity contribution in [2.75, 3.05) is 85.7 Å². The molecule has 6 nitrogen and oxygen atoms in total. The Kier molecular flexibility index (Phi) is 21.4. The maximum atomic E-state index is 5.21. The van der Waals surface area contributed by atoms with Gasteiger partial charge in [-0.15, -0.1) is 0 Å². The SMILES string of the molecule is C.CC(C)N1CCCC1.CC(C)N1CCCCC1.CC(C)N1CCN(C)CC1.CC(C)N1CCOCC1. The van der Waals surface area contributed by atoms with Gasteiger partial charge in [0.05, 0.1) is 13.2 Å². The molecule has 0 N–H and O–H groups in total. The molecule has 0 spiro atoms. The van der Waals surface area contributed by atoms with E-state index in [1.54, 1.807) is 0 Å². The molecule has 224 valence electrons. The Bertz CT molecular complexity index is 466. The molecule has 4 fully saturated rings. The molecule has 0 aromatic heterocycles. The van der Waals surface area contributed by atoms with Crippen LogP contribution in [0.1, 0.15) is 94.9 Å². The molecule has 0 saturated carbocycles. The zero-order valence-corrected chi connectivity index (χ0v) is 26.0. The number of likely N-dealkylation sites (N-methyl/N-ethyl adjacent to an activating group) is 1. The number of nitrogens with zero attached hydrogens (tertiary/aromatic N) is 5. The van der Waals surface area contributed by atoms with Crippen molar-refractivity contribution in [2.24, 2.45) is 0 Å². The van der Waals surface area contributed by atoms with E-state index in [9.17, 15) is 0 Å². The Morgan fingerprint density at radius 2 is 0.703 bits per heavy atom. The summed E-state index contributed by atoms with van der Waals surface area (Å²) in [6, 6.07) is 2.96. The zero-order valence-electron chi connectivity index (χ0n) is 26.0. The number of morpholine rings is 1. The summed E-state index contributed by atoms with van der Waals surface area (Å²) in [6.45, 7) is 32.4. The topological polar surface area (TPSA) is 25.4 Å². The van der Waals surface area contributed by atoms with Gasteiger partial charge in [-0.1, -0.05) is 13.8 Å². The molecular formula is C31H69N5O. The van der Waals surface area contributed by atoms with Crippen LogP contribution in [-0.4, -0.2) is 134 Å². The van der Waals surface area contributed by atoms with Gasteiger partial charge in [0.2, 0.25) is 0 Å². The lowest BCUT2D eigenvalue weighted by Crippen LogP contribution is -2.47. The maximum Gasteiger partial charge on any atom is 0.0594 e. The van der Waals surface area contributed by atoms with E-state index in [2.05, 4.69) is 86.9 Å². The third-order valence-corrected chi connectivity index (χ3v) is 8.04. The van der Waals surface area contributed by atoms with E-state index in [-0.39, 0.29) is 7.43 Å². The summed E-state index contributed by atoms with van der Waals surface area (Å²) < 4.78 is 5.21. The second kappa shape index (κ2) is 21.6. The molecule has 0 radical (unpaired) electrons. The van der Waals surface area contributed by atoms with Crippen molar-refractivity contribution in [3.05, 3.63) is 0 Å². The van der Waals surface area contributed by atoms with Gasteiger partial charge < -0.3 is 19.4 Å². The number of likely N-dealkylation sites (tertiary alicyclic amines) is 2. The predicted molar refractivity (Wildman–Crippen MR) is 165 cm³/mol. The molecule has 0 amide bonds. The van der Waals surface area contributed by atoms with Crippen LogP contribution in [0.2, 0.25) is 0 Å². The summed E-state index contributed by atoms with van der Waals surface area (Å²) in [5, 5.41) is 0. The number of piperazine rings is 1. The molecule has 0 aromatic rings. The summed E-state index contributed by atoms with van der Waals surface area (Å²) in [5.74, 6) is 0. The van der Waals surface area contributed by atoms with Gasteiger partial charge in [0.1, 0.15) is 0 Å². The van der Waals surface area contributed by atoms with Crippen molar-refractivity contribution >= 4 is 0 Å². The van der Waals surface area contributed by atoms with Crippen LogP contribution in [0.3, 0.4) is 0 Å². The second-order valence-electron chi connectivity index (χ2n) is 12.2. The Labute approximate surface area is 234 Å². The van der Waals surface area contributed by atoms with Crippen LogP contribution in [0, 0.1) is 0 Å². The number of ether oxygens (including phenoxy) is 1. The largest absolute Gasteiger partial charge is 0.379 e. The third kappa shape index (κ3) is 17.1. The third-order valence-electron chi connectivity index (χ3n) is 8.04. The average molecular weight is 528 g/mol. The number of piperidine rings is 1. The van der Waals surface area contributed by atoms with E-state index in [0.717, 1.165) is 44.4 Å². The number of rotatable bonds is 4. The summed E-state index contributed by atoms with van der Waals surface area (Å²) in [6.07, 6.45) is 7.11. The van der Waals surface area contributed by atoms with Crippen LogP contribution in [0.25, 0.3) is 0 Å². The van der Waals surface area contributed by atoms with Gasteiger partial charge in [-0.3, -0.25) is 9.80 Å². The highest BCUT2D eigenvalue weighted by molar-refractivity contribution is 4.72. The van der Waals surface area contributed by atoms with Crippen molar-refractivity contribution in [1.82, 2.24) is 24.5 Å². The number of hydrogen-bond donors (Lipinski definition) is 0. The molecule has 0 unspecified atom stereocenters. The molecule has 0 aromatic carbocycles. The molecule has 0 aliphatic carbocycles. The molecule has 4 heterocycles. The summed E-state index contributed by atoms with van der Waals surface area (Å²) in [5.41, 5.74) is 0. The van der Waals surface area contributed by atoms with E-state index in [1.807, 2.05) is 0 Å². The van der Waals surface area contributed by atoms with Crippen LogP contribution in [0.15, 0.2) is 0 Å². The Balaban J connectivity index is 0.000000464. The highest BCUT2D eigenvalue weighted by atomic mass is 16.5. The molecule has 6 heteroatoms. The number of hydrogen-bond acceptors (Lipinski definition) is 6. The molecule has 4 aliphatic rings. The molecule has 4 saturated heterocycles. The molecule has 0 bridgehead atoms. The lowest BCUT2D eigenvalue weighted by molar-refractivity contribution is 0.0238. The van der Waals surface area contributed by atoms with E-state index in [4.69, 9.17) is 4.74 Å². The fraction of sp³-hybridized carbons (Fsp3) is 1.00. The van der Waals surface area contributed by atoms with E-state index < -0.39 is 0 Å².